The molecular formula is C24H25FN4OS. The Morgan fingerprint density at radius 1 is 1.16 bits per heavy atom. The number of nitrogens with one attached hydrogen (secondary N) is 1. The molecule has 2 aromatic carbocycles. The Morgan fingerprint density at radius 2 is 1.94 bits per heavy atom. The number of rotatable bonds is 6. The van der Waals surface area contributed by atoms with Crippen LogP contribution in [0.25, 0.3) is 17.0 Å². The fourth-order valence-electron chi connectivity index (χ4n) is 3.82. The first kappa shape index (κ1) is 21.2. The van der Waals surface area contributed by atoms with E-state index in [2.05, 4.69) is 58.5 Å². The molecule has 31 heavy (non-hydrogen) atoms. The molecule has 0 fully saturated rings. The van der Waals surface area contributed by atoms with E-state index in [1.54, 1.807) is 12.1 Å². The minimum Gasteiger partial charge on any atom is -0.351 e. The monoisotopic (exact) mass is 436 g/mol. The van der Waals surface area contributed by atoms with Crippen LogP contribution in [0.2, 0.25) is 0 Å². The molecule has 0 amide bonds. The quantitative estimate of drug-likeness (QED) is 0.514. The van der Waals surface area contributed by atoms with Crippen molar-refractivity contribution in [3.63, 3.8) is 0 Å². The highest BCUT2D eigenvalue weighted by atomic mass is 32.1. The standard InChI is InChI=1S/C24H25FN4OS/c1-4-13-29-15(3)20(21(26-24(29)31)17-11-9-16(5-2)10-12-17)23-27-22(28-30-23)18-7-6-8-19(25)14-18/h6-12,14,21H,4-5,13H2,1-3H3,(H,26,31). The molecule has 7 heteroatoms. The van der Waals surface area contributed by atoms with Crippen LogP contribution in [0.4, 0.5) is 4.39 Å². The topological polar surface area (TPSA) is 54.2 Å². The van der Waals surface area contributed by atoms with Gasteiger partial charge in [0, 0.05) is 17.8 Å². The number of benzene rings is 2. The summed E-state index contributed by atoms with van der Waals surface area (Å²) in [5.41, 5.74) is 4.76. The second-order valence-electron chi connectivity index (χ2n) is 7.56. The Balaban J connectivity index is 1.80. The maximum atomic E-state index is 13.7. The molecule has 0 spiro atoms. The summed E-state index contributed by atoms with van der Waals surface area (Å²) in [7, 11) is 0. The Hall–Kier alpha value is -3.06. The average Bonchev–Trinajstić information content (AvgIpc) is 3.26. The van der Waals surface area contributed by atoms with Crippen molar-refractivity contribution in [2.45, 2.75) is 39.7 Å². The molecule has 1 unspecified atom stereocenters. The number of thiocarbonyl (C=S) groups is 1. The molecule has 3 aromatic rings. The first-order chi connectivity index (χ1) is 15.0. The third-order valence-corrected chi connectivity index (χ3v) is 5.84. The Morgan fingerprint density at radius 3 is 2.61 bits per heavy atom. The van der Waals surface area contributed by atoms with Crippen molar-refractivity contribution >= 4 is 22.9 Å². The minimum absolute atomic E-state index is 0.215. The number of aryl methyl sites for hydroxylation is 1. The fourth-order valence-corrected chi connectivity index (χ4v) is 4.17. The Kier molecular flexibility index (Phi) is 6.13. The summed E-state index contributed by atoms with van der Waals surface area (Å²) in [6.07, 6.45) is 1.92. The molecule has 0 aliphatic carbocycles. The van der Waals surface area contributed by atoms with Gasteiger partial charge in [-0.05, 0) is 55.2 Å². The largest absolute Gasteiger partial charge is 0.351 e. The molecule has 0 saturated carbocycles. The van der Waals surface area contributed by atoms with Gasteiger partial charge >= 0.3 is 0 Å². The van der Waals surface area contributed by atoms with Gasteiger partial charge in [0.05, 0.1) is 11.6 Å². The summed E-state index contributed by atoms with van der Waals surface area (Å²) >= 11 is 5.67. The van der Waals surface area contributed by atoms with Gasteiger partial charge < -0.3 is 14.7 Å². The third kappa shape index (κ3) is 4.23. The van der Waals surface area contributed by atoms with E-state index >= 15 is 0 Å². The summed E-state index contributed by atoms with van der Waals surface area (Å²) < 4.78 is 19.3. The van der Waals surface area contributed by atoms with Crippen LogP contribution >= 0.6 is 12.2 Å². The molecule has 160 valence electrons. The zero-order valence-electron chi connectivity index (χ0n) is 17.9. The van der Waals surface area contributed by atoms with Crippen molar-refractivity contribution in [2.24, 2.45) is 0 Å². The molecule has 0 radical (unpaired) electrons. The van der Waals surface area contributed by atoms with E-state index in [9.17, 15) is 4.39 Å². The maximum Gasteiger partial charge on any atom is 0.258 e. The highest BCUT2D eigenvalue weighted by molar-refractivity contribution is 7.80. The highest BCUT2D eigenvalue weighted by Crippen LogP contribution is 2.37. The first-order valence-corrected chi connectivity index (χ1v) is 10.9. The van der Waals surface area contributed by atoms with E-state index in [4.69, 9.17) is 16.7 Å². The lowest BCUT2D eigenvalue weighted by molar-refractivity contribution is 0.396. The molecule has 1 aromatic heterocycles. The SMILES string of the molecule is CCCN1C(=S)NC(c2ccc(CC)cc2)C(c2nc(-c3cccc(F)c3)no2)=C1C. The lowest BCUT2D eigenvalue weighted by Gasteiger charge is -2.37. The molecule has 5 nitrogen and oxygen atoms in total. The molecule has 1 aliphatic heterocycles. The van der Waals surface area contributed by atoms with Gasteiger partial charge in [0.25, 0.3) is 5.89 Å². The molecule has 2 heterocycles. The molecule has 4 rings (SSSR count). The maximum absolute atomic E-state index is 13.7. The first-order valence-electron chi connectivity index (χ1n) is 10.5. The van der Waals surface area contributed by atoms with Crippen molar-refractivity contribution in [3.8, 4) is 11.4 Å². The van der Waals surface area contributed by atoms with E-state index < -0.39 is 0 Å². The van der Waals surface area contributed by atoms with Gasteiger partial charge in [0.15, 0.2) is 5.11 Å². The summed E-state index contributed by atoms with van der Waals surface area (Å²) in [4.78, 5) is 6.68. The summed E-state index contributed by atoms with van der Waals surface area (Å²) in [6.45, 7) is 7.05. The number of hydrogen-bond donors (Lipinski definition) is 1. The number of allylic oxidation sites excluding steroid dienone is 1. The minimum atomic E-state index is -0.341. The molecule has 1 aliphatic rings. The molecule has 0 saturated heterocycles. The smallest absolute Gasteiger partial charge is 0.258 e. The van der Waals surface area contributed by atoms with Crippen molar-refractivity contribution in [2.75, 3.05) is 6.54 Å². The zero-order chi connectivity index (χ0) is 22.0. The van der Waals surface area contributed by atoms with Crippen LogP contribution in [-0.4, -0.2) is 26.7 Å². The fraction of sp³-hybridized carbons (Fsp3) is 0.292. The van der Waals surface area contributed by atoms with E-state index in [0.29, 0.717) is 22.4 Å². The highest BCUT2D eigenvalue weighted by Gasteiger charge is 2.33. The summed E-state index contributed by atoms with van der Waals surface area (Å²) in [5.74, 6) is 0.412. The molecular weight excluding hydrogens is 411 g/mol. The van der Waals surface area contributed by atoms with Gasteiger partial charge in [0.1, 0.15) is 5.82 Å². The van der Waals surface area contributed by atoms with Crippen LogP contribution in [0.5, 0.6) is 0 Å². The Bertz CT molecular complexity index is 1120. The van der Waals surface area contributed by atoms with Gasteiger partial charge in [-0.3, -0.25) is 0 Å². The van der Waals surface area contributed by atoms with Crippen molar-refractivity contribution < 1.29 is 8.91 Å². The van der Waals surface area contributed by atoms with Gasteiger partial charge in [-0.15, -0.1) is 0 Å². The van der Waals surface area contributed by atoms with Crippen LogP contribution in [0.15, 0.2) is 58.8 Å². The zero-order valence-corrected chi connectivity index (χ0v) is 18.7. The number of nitrogens with zero attached hydrogens (tertiary/aromatic N) is 3. The van der Waals surface area contributed by atoms with Crippen LogP contribution < -0.4 is 5.32 Å². The van der Waals surface area contributed by atoms with Crippen LogP contribution in [0, 0.1) is 5.82 Å². The van der Waals surface area contributed by atoms with Gasteiger partial charge in [0.2, 0.25) is 5.82 Å². The normalized spacial score (nSPS) is 16.6. The van der Waals surface area contributed by atoms with E-state index in [0.717, 1.165) is 36.2 Å². The van der Waals surface area contributed by atoms with Gasteiger partial charge in [-0.2, -0.15) is 4.98 Å². The van der Waals surface area contributed by atoms with Crippen LogP contribution in [0.1, 0.15) is 50.3 Å². The van der Waals surface area contributed by atoms with E-state index in [-0.39, 0.29) is 11.9 Å². The number of aromatic nitrogens is 2. The average molecular weight is 437 g/mol. The van der Waals surface area contributed by atoms with E-state index in [1.807, 2.05) is 6.92 Å². The summed E-state index contributed by atoms with van der Waals surface area (Å²) in [5, 5.41) is 8.25. The van der Waals surface area contributed by atoms with Gasteiger partial charge in [-0.1, -0.05) is 55.4 Å². The van der Waals surface area contributed by atoms with Gasteiger partial charge in [-0.25, -0.2) is 4.39 Å². The van der Waals surface area contributed by atoms with Crippen molar-refractivity contribution in [1.29, 1.82) is 0 Å². The van der Waals surface area contributed by atoms with E-state index in [1.165, 1.54) is 17.7 Å². The van der Waals surface area contributed by atoms with Crippen molar-refractivity contribution in [1.82, 2.24) is 20.4 Å². The van der Waals surface area contributed by atoms with Crippen LogP contribution in [0.3, 0.4) is 0 Å². The number of halogens is 1. The summed E-state index contributed by atoms with van der Waals surface area (Å²) in [6, 6.07) is 14.4. The van der Waals surface area contributed by atoms with Crippen molar-refractivity contribution in [3.05, 3.63) is 77.1 Å². The predicted octanol–water partition coefficient (Wildman–Crippen LogP) is 5.51. The number of hydrogen-bond acceptors (Lipinski definition) is 4. The third-order valence-electron chi connectivity index (χ3n) is 5.50. The molecule has 1 atom stereocenters. The lowest BCUT2D eigenvalue weighted by atomic mass is 9.94. The molecule has 0 bridgehead atoms. The second-order valence-corrected chi connectivity index (χ2v) is 7.95. The predicted molar refractivity (Wildman–Crippen MR) is 124 cm³/mol. The van der Waals surface area contributed by atoms with Crippen LogP contribution in [-0.2, 0) is 6.42 Å². The Labute approximate surface area is 187 Å². The lowest BCUT2D eigenvalue weighted by Crippen LogP contribution is -2.46. The molecule has 1 N–H and O–H groups in total. The second kappa shape index (κ2) is 8.98.